The largest absolute Gasteiger partial charge is 0.497 e. The second-order valence-electron chi connectivity index (χ2n) is 7.44. The van der Waals surface area contributed by atoms with E-state index in [1.165, 1.54) is 11.1 Å². The number of ether oxygens (including phenoxy) is 2. The highest BCUT2D eigenvalue weighted by atomic mass is 16.5. The Morgan fingerprint density at radius 3 is 2.28 bits per heavy atom. The van der Waals surface area contributed by atoms with Crippen molar-refractivity contribution in [2.45, 2.75) is 32.7 Å². The first kappa shape index (κ1) is 21.2. The molecule has 0 aromatic heterocycles. The Hall–Kier alpha value is -2.53. The molecule has 1 saturated heterocycles. The average Bonchev–Trinajstić information content (AvgIpc) is 2.99. The zero-order valence-corrected chi connectivity index (χ0v) is 17.6. The van der Waals surface area contributed by atoms with Gasteiger partial charge in [-0.25, -0.2) is 0 Å². The number of amides is 1. The van der Waals surface area contributed by atoms with Gasteiger partial charge in [-0.2, -0.15) is 0 Å². The van der Waals surface area contributed by atoms with Gasteiger partial charge in [0.1, 0.15) is 11.5 Å². The van der Waals surface area contributed by atoms with Gasteiger partial charge < -0.3 is 14.4 Å². The molecule has 5 heteroatoms. The Morgan fingerprint density at radius 2 is 1.59 bits per heavy atom. The minimum absolute atomic E-state index is 0.255. The Bertz CT molecular complexity index is 759. The van der Waals surface area contributed by atoms with Gasteiger partial charge in [0.15, 0.2) is 0 Å². The van der Waals surface area contributed by atoms with Crippen molar-refractivity contribution in [2.75, 3.05) is 39.9 Å². The van der Waals surface area contributed by atoms with Gasteiger partial charge >= 0.3 is 0 Å². The Kier molecular flexibility index (Phi) is 7.94. The number of nitrogens with zero attached hydrogens (tertiary/aromatic N) is 2. The van der Waals surface area contributed by atoms with Crippen LogP contribution in [0.15, 0.2) is 48.5 Å². The van der Waals surface area contributed by atoms with E-state index in [9.17, 15) is 4.79 Å². The van der Waals surface area contributed by atoms with Crippen LogP contribution < -0.4 is 9.47 Å². The van der Waals surface area contributed by atoms with Crippen molar-refractivity contribution < 1.29 is 14.3 Å². The molecule has 0 spiro atoms. The summed E-state index contributed by atoms with van der Waals surface area (Å²) >= 11 is 0. The second kappa shape index (κ2) is 10.9. The van der Waals surface area contributed by atoms with Crippen LogP contribution in [0.3, 0.4) is 0 Å². The Morgan fingerprint density at radius 1 is 0.897 bits per heavy atom. The smallest absolute Gasteiger partial charge is 0.222 e. The van der Waals surface area contributed by atoms with Gasteiger partial charge in [-0.3, -0.25) is 9.69 Å². The fourth-order valence-electron chi connectivity index (χ4n) is 3.70. The molecule has 3 rings (SSSR count). The molecule has 0 unspecified atom stereocenters. The number of carbonyl (C=O) groups is 1. The van der Waals surface area contributed by atoms with Gasteiger partial charge in [0.05, 0.1) is 13.7 Å². The molecule has 2 aromatic rings. The summed E-state index contributed by atoms with van der Waals surface area (Å²) < 4.78 is 10.7. The van der Waals surface area contributed by atoms with E-state index in [1.54, 1.807) is 7.11 Å². The van der Waals surface area contributed by atoms with E-state index >= 15 is 0 Å². The van der Waals surface area contributed by atoms with Crippen molar-refractivity contribution in [1.29, 1.82) is 0 Å². The van der Waals surface area contributed by atoms with Crippen LogP contribution in [0.5, 0.6) is 11.5 Å². The molecule has 0 saturated carbocycles. The number of methoxy groups -OCH3 is 1. The van der Waals surface area contributed by atoms with Gasteiger partial charge in [-0.1, -0.05) is 24.3 Å². The second-order valence-corrected chi connectivity index (χ2v) is 7.44. The number of hydrogen-bond donors (Lipinski definition) is 0. The predicted octanol–water partition coefficient (Wildman–Crippen LogP) is 3.76. The maximum absolute atomic E-state index is 12.7. The fraction of sp³-hybridized carbons (Fsp3) is 0.458. The van der Waals surface area contributed by atoms with Gasteiger partial charge in [-0.05, 0) is 55.2 Å². The minimum atomic E-state index is 0.255. The molecular formula is C24H32N2O3. The lowest BCUT2D eigenvalue weighted by molar-refractivity contribution is -0.131. The predicted molar refractivity (Wildman–Crippen MR) is 115 cm³/mol. The Labute approximate surface area is 174 Å². The number of carbonyl (C=O) groups excluding carboxylic acids is 1. The van der Waals surface area contributed by atoms with Gasteiger partial charge in [0.2, 0.25) is 5.91 Å². The molecule has 0 atom stereocenters. The minimum Gasteiger partial charge on any atom is -0.497 e. The molecule has 156 valence electrons. The van der Waals surface area contributed by atoms with E-state index in [-0.39, 0.29) is 5.91 Å². The highest BCUT2D eigenvalue weighted by Crippen LogP contribution is 2.16. The third-order valence-electron chi connectivity index (χ3n) is 5.37. The standard InChI is InChI=1S/C24H32N2O3/c1-3-29-23-12-5-20(6-13-23)9-14-24(27)26-16-4-15-25(17-18-26)19-21-7-10-22(28-2)11-8-21/h5-8,10-13H,3-4,9,14-19H2,1-2H3. The summed E-state index contributed by atoms with van der Waals surface area (Å²) in [6.45, 7) is 7.15. The molecule has 1 aliphatic rings. The van der Waals surface area contributed by atoms with E-state index in [0.717, 1.165) is 57.1 Å². The van der Waals surface area contributed by atoms with Crippen molar-refractivity contribution in [3.8, 4) is 11.5 Å². The normalized spacial score (nSPS) is 15.0. The number of rotatable bonds is 8. The van der Waals surface area contributed by atoms with E-state index in [2.05, 4.69) is 29.2 Å². The van der Waals surface area contributed by atoms with Crippen LogP contribution >= 0.6 is 0 Å². The highest BCUT2D eigenvalue weighted by molar-refractivity contribution is 5.76. The maximum atomic E-state index is 12.7. The first-order valence-electron chi connectivity index (χ1n) is 10.5. The lowest BCUT2D eigenvalue weighted by Crippen LogP contribution is -2.35. The highest BCUT2D eigenvalue weighted by Gasteiger charge is 2.19. The van der Waals surface area contributed by atoms with E-state index in [1.807, 2.05) is 36.1 Å². The zero-order valence-electron chi connectivity index (χ0n) is 17.6. The summed E-state index contributed by atoms with van der Waals surface area (Å²) in [4.78, 5) is 17.2. The van der Waals surface area contributed by atoms with Crippen molar-refractivity contribution in [1.82, 2.24) is 9.80 Å². The average molecular weight is 397 g/mol. The van der Waals surface area contributed by atoms with Crippen molar-refractivity contribution in [2.24, 2.45) is 0 Å². The number of aryl methyl sites for hydroxylation is 1. The third kappa shape index (κ3) is 6.50. The molecular weight excluding hydrogens is 364 g/mol. The molecule has 29 heavy (non-hydrogen) atoms. The molecule has 1 amide bonds. The Balaban J connectivity index is 1.44. The molecule has 0 N–H and O–H groups in total. The van der Waals surface area contributed by atoms with Crippen molar-refractivity contribution in [3.63, 3.8) is 0 Å². The molecule has 0 radical (unpaired) electrons. The zero-order chi connectivity index (χ0) is 20.5. The van der Waals surface area contributed by atoms with Crippen LogP contribution in [0.4, 0.5) is 0 Å². The first-order chi connectivity index (χ1) is 14.2. The lowest BCUT2D eigenvalue weighted by atomic mass is 10.1. The lowest BCUT2D eigenvalue weighted by Gasteiger charge is -2.22. The van der Waals surface area contributed by atoms with E-state index in [0.29, 0.717) is 13.0 Å². The van der Waals surface area contributed by atoms with Crippen LogP contribution in [0.2, 0.25) is 0 Å². The monoisotopic (exact) mass is 396 g/mol. The van der Waals surface area contributed by atoms with Crippen LogP contribution in [-0.4, -0.2) is 55.6 Å². The van der Waals surface area contributed by atoms with Gasteiger partial charge in [-0.15, -0.1) is 0 Å². The summed E-state index contributed by atoms with van der Waals surface area (Å²) in [5.41, 5.74) is 2.46. The quantitative estimate of drug-likeness (QED) is 0.681. The molecule has 0 aliphatic carbocycles. The summed E-state index contributed by atoms with van der Waals surface area (Å²) in [6.07, 6.45) is 2.36. The van der Waals surface area contributed by atoms with Crippen LogP contribution in [0.1, 0.15) is 30.9 Å². The fourth-order valence-corrected chi connectivity index (χ4v) is 3.70. The molecule has 2 aromatic carbocycles. The topological polar surface area (TPSA) is 42.0 Å². The molecule has 5 nitrogen and oxygen atoms in total. The summed E-state index contributed by atoms with van der Waals surface area (Å²) in [5.74, 6) is 2.02. The number of hydrogen-bond acceptors (Lipinski definition) is 4. The number of benzene rings is 2. The SMILES string of the molecule is CCOc1ccc(CCC(=O)N2CCCN(Cc3ccc(OC)cc3)CC2)cc1. The van der Waals surface area contributed by atoms with Gasteiger partial charge in [0.25, 0.3) is 0 Å². The third-order valence-corrected chi connectivity index (χ3v) is 5.37. The summed E-state index contributed by atoms with van der Waals surface area (Å²) in [5, 5.41) is 0. The summed E-state index contributed by atoms with van der Waals surface area (Å²) in [7, 11) is 1.69. The van der Waals surface area contributed by atoms with Gasteiger partial charge in [0, 0.05) is 39.1 Å². The molecule has 1 aliphatic heterocycles. The van der Waals surface area contributed by atoms with E-state index < -0.39 is 0 Å². The summed E-state index contributed by atoms with van der Waals surface area (Å²) in [6, 6.07) is 16.3. The van der Waals surface area contributed by atoms with Crippen LogP contribution in [0.25, 0.3) is 0 Å². The van der Waals surface area contributed by atoms with Crippen molar-refractivity contribution in [3.05, 3.63) is 59.7 Å². The molecule has 1 fully saturated rings. The van der Waals surface area contributed by atoms with E-state index in [4.69, 9.17) is 9.47 Å². The van der Waals surface area contributed by atoms with Crippen LogP contribution in [0, 0.1) is 0 Å². The van der Waals surface area contributed by atoms with Crippen molar-refractivity contribution >= 4 is 5.91 Å². The maximum Gasteiger partial charge on any atom is 0.222 e. The first-order valence-corrected chi connectivity index (χ1v) is 10.5. The molecule has 0 bridgehead atoms. The van der Waals surface area contributed by atoms with Crippen LogP contribution in [-0.2, 0) is 17.8 Å². The molecule has 1 heterocycles.